The van der Waals surface area contributed by atoms with E-state index in [9.17, 15) is 4.79 Å². The Morgan fingerprint density at radius 3 is 2.83 bits per heavy atom. The third-order valence-corrected chi connectivity index (χ3v) is 4.95. The average molecular weight is 389 g/mol. The fourth-order valence-electron chi connectivity index (χ4n) is 2.15. The lowest BCUT2D eigenvalue weighted by atomic mass is 10.1. The number of nitrogens with zero attached hydrogens (tertiary/aromatic N) is 2. The summed E-state index contributed by atoms with van der Waals surface area (Å²) in [6, 6.07) is 13.1. The fourth-order valence-corrected chi connectivity index (χ4v) is 3.58. The summed E-state index contributed by atoms with van der Waals surface area (Å²) < 4.78 is 5.94. The zero-order chi connectivity index (χ0) is 16.2. The molecule has 116 valence electrons. The first kappa shape index (κ1) is 16.0. The van der Waals surface area contributed by atoms with E-state index in [1.807, 2.05) is 24.3 Å². The van der Waals surface area contributed by atoms with Gasteiger partial charge in [0.1, 0.15) is 17.1 Å². The molecule has 3 aromatic rings. The van der Waals surface area contributed by atoms with Crippen LogP contribution in [0.15, 0.2) is 58.3 Å². The lowest BCUT2D eigenvalue weighted by molar-refractivity contribution is 0.102. The monoisotopic (exact) mass is 388 g/mol. The number of rotatable bonds is 5. The summed E-state index contributed by atoms with van der Waals surface area (Å²) in [4.78, 5) is 20.9. The summed E-state index contributed by atoms with van der Waals surface area (Å²) in [6.07, 6.45) is 1.53. The highest BCUT2D eigenvalue weighted by atomic mass is 79.9. The molecule has 0 aliphatic heterocycles. The molecular formula is C17H13BrN2O2S. The molecular weight excluding hydrogens is 376 g/mol. The summed E-state index contributed by atoms with van der Waals surface area (Å²) in [6.45, 7) is 0. The smallest absolute Gasteiger partial charge is 0.173 e. The minimum atomic E-state index is 0.0426. The van der Waals surface area contributed by atoms with Gasteiger partial charge in [0.05, 0.1) is 22.9 Å². The number of para-hydroxylation sites is 1. The largest absolute Gasteiger partial charge is 0.496 e. The van der Waals surface area contributed by atoms with Crippen molar-refractivity contribution in [1.29, 1.82) is 0 Å². The van der Waals surface area contributed by atoms with Gasteiger partial charge < -0.3 is 4.74 Å². The van der Waals surface area contributed by atoms with Crippen LogP contribution in [-0.2, 0) is 0 Å². The first-order valence-electron chi connectivity index (χ1n) is 6.88. The van der Waals surface area contributed by atoms with E-state index < -0.39 is 0 Å². The average Bonchev–Trinajstić information content (AvgIpc) is 2.59. The normalized spacial score (nSPS) is 10.7. The van der Waals surface area contributed by atoms with Crippen LogP contribution in [0.5, 0.6) is 5.75 Å². The lowest BCUT2D eigenvalue weighted by Crippen LogP contribution is -2.03. The second kappa shape index (κ2) is 7.10. The number of hydrogen-bond acceptors (Lipinski definition) is 5. The molecule has 0 aliphatic rings. The van der Waals surface area contributed by atoms with Gasteiger partial charge in [-0.25, -0.2) is 9.97 Å². The van der Waals surface area contributed by atoms with E-state index in [-0.39, 0.29) is 5.78 Å². The minimum absolute atomic E-state index is 0.0426. The summed E-state index contributed by atoms with van der Waals surface area (Å²) in [5, 5.41) is 1.78. The van der Waals surface area contributed by atoms with Crippen LogP contribution in [0.3, 0.4) is 0 Å². The number of carbonyl (C=O) groups is 1. The molecule has 3 rings (SSSR count). The highest BCUT2D eigenvalue weighted by Gasteiger charge is 2.11. The number of aromatic nitrogens is 2. The molecule has 0 bridgehead atoms. The van der Waals surface area contributed by atoms with Crippen LogP contribution in [0.4, 0.5) is 0 Å². The van der Waals surface area contributed by atoms with Crippen molar-refractivity contribution in [3.8, 4) is 5.75 Å². The van der Waals surface area contributed by atoms with Crippen LogP contribution >= 0.6 is 27.7 Å². The zero-order valence-electron chi connectivity index (χ0n) is 12.3. The number of halogens is 1. The van der Waals surface area contributed by atoms with E-state index in [1.54, 1.807) is 25.3 Å². The van der Waals surface area contributed by atoms with Crippen molar-refractivity contribution in [2.45, 2.75) is 5.03 Å². The molecule has 0 spiro atoms. The second-order valence-corrected chi connectivity index (χ2v) is 6.58. The maximum absolute atomic E-state index is 12.4. The molecule has 0 radical (unpaired) electrons. The number of Topliss-reactive ketones (excluding diaryl/α,β-unsaturated/α-hetero) is 1. The SMILES string of the molecule is COc1ccc(C(=O)CSc2ncnc3ccccc23)cc1Br. The summed E-state index contributed by atoms with van der Waals surface area (Å²) in [5.41, 5.74) is 1.52. The van der Waals surface area contributed by atoms with Crippen molar-refractivity contribution < 1.29 is 9.53 Å². The number of hydrogen-bond donors (Lipinski definition) is 0. The van der Waals surface area contributed by atoms with Crippen LogP contribution in [0.25, 0.3) is 10.9 Å². The van der Waals surface area contributed by atoms with Crippen molar-refractivity contribution in [2.24, 2.45) is 0 Å². The Balaban J connectivity index is 1.77. The van der Waals surface area contributed by atoms with Crippen molar-refractivity contribution >= 4 is 44.4 Å². The van der Waals surface area contributed by atoms with Gasteiger partial charge in [-0.2, -0.15) is 0 Å². The Kier molecular flexibility index (Phi) is 4.93. The first-order valence-corrected chi connectivity index (χ1v) is 8.66. The molecule has 1 heterocycles. The Bertz CT molecular complexity index is 865. The predicted molar refractivity (Wildman–Crippen MR) is 95.3 cm³/mol. The molecule has 4 nitrogen and oxygen atoms in total. The Morgan fingerprint density at radius 2 is 2.04 bits per heavy atom. The van der Waals surface area contributed by atoms with E-state index >= 15 is 0 Å². The maximum atomic E-state index is 12.4. The van der Waals surface area contributed by atoms with Gasteiger partial charge >= 0.3 is 0 Å². The molecule has 2 aromatic carbocycles. The van der Waals surface area contributed by atoms with Crippen LogP contribution in [0.1, 0.15) is 10.4 Å². The van der Waals surface area contributed by atoms with E-state index in [1.165, 1.54) is 18.1 Å². The van der Waals surface area contributed by atoms with Crippen LogP contribution < -0.4 is 4.74 Å². The highest BCUT2D eigenvalue weighted by molar-refractivity contribution is 9.10. The molecule has 0 aliphatic carbocycles. The van der Waals surface area contributed by atoms with Crippen molar-refractivity contribution in [2.75, 3.05) is 12.9 Å². The zero-order valence-corrected chi connectivity index (χ0v) is 14.7. The molecule has 0 unspecified atom stereocenters. The van der Waals surface area contributed by atoms with Gasteiger partial charge in [-0.3, -0.25) is 4.79 Å². The van der Waals surface area contributed by atoms with Gasteiger partial charge in [-0.1, -0.05) is 30.0 Å². The van der Waals surface area contributed by atoms with Gasteiger partial charge in [0.25, 0.3) is 0 Å². The number of methoxy groups -OCH3 is 1. The second-order valence-electron chi connectivity index (χ2n) is 4.76. The van der Waals surface area contributed by atoms with Crippen molar-refractivity contribution in [3.05, 3.63) is 58.8 Å². The van der Waals surface area contributed by atoms with Crippen LogP contribution in [0, 0.1) is 0 Å². The molecule has 23 heavy (non-hydrogen) atoms. The van der Waals surface area contributed by atoms with E-state index in [0.717, 1.165) is 20.4 Å². The molecule has 0 saturated heterocycles. The molecule has 0 N–H and O–H groups in total. The van der Waals surface area contributed by atoms with Gasteiger partial charge in [0.2, 0.25) is 0 Å². The van der Waals surface area contributed by atoms with Gasteiger partial charge in [-0.15, -0.1) is 0 Å². The molecule has 0 amide bonds. The molecule has 0 saturated carbocycles. The fraction of sp³-hybridized carbons (Fsp3) is 0.118. The van der Waals surface area contributed by atoms with Crippen molar-refractivity contribution in [3.63, 3.8) is 0 Å². The van der Waals surface area contributed by atoms with E-state index in [2.05, 4.69) is 25.9 Å². The summed E-state index contributed by atoms with van der Waals surface area (Å²) >= 11 is 4.82. The van der Waals surface area contributed by atoms with Crippen LogP contribution in [0.2, 0.25) is 0 Å². The predicted octanol–water partition coefficient (Wildman–Crippen LogP) is 4.38. The maximum Gasteiger partial charge on any atom is 0.173 e. The number of fused-ring (bicyclic) bond motifs is 1. The topological polar surface area (TPSA) is 52.1 Å². The molecule has 6 heteroatoms. The molecule has 0 atom stereocenters. The third kappa shape index (κ3) is 3.54. The number of benzene rings is 2. The third-order valence-electron chi connectivity index (χ3n) is 3.32. The van der Waals surface area contributed by atoms with Crippen molar-refractivity contribution in [1.82, 2.24) is 9.97 Å². The van der Waals surface area contributed by atoms with E-state index in [4.69, 9.17) is 4.74 Å². The van der Waals surface area contributed by atoms with Crippen LogP contribution in [-0.4, -0.2) is 28.6 Å². The number of ether oxygens (including phenoxy) is 1. The van der Waals surface area contributed by atoms with Gasteiger partial charge in [0, 0.05) is 10.9 Å². The lowest BCUT2D eigenvalue weighted by Gasteiger charge is -2.06. The Hall–Kier alpha value is -1.92. The number of ketones is 1. The summed E-state index contributed by atoms with van der Waals surface area (Å²) in [5.74, 6) is 1.07. The summed E-state index contributed by atoms with van der Waals surface area (Å²) in [7, 11) is 1.59. The minimum Gasteiger partial charge on any atom is -0.496 e. The quantitative estimate of drug-likeness (QED) is 0.368. The number of carbonyl (C=O) groups excluding carboxylic acids is 1. The highest BCUT2D eigenvalue weighted by Crippen LogP contribution is 2.28. The first-order chi connectivity index (χ1) is 11.2. The molecule has 0 fully saturated rings. The Labute approximate surface area is 146 Å². The molecule has 1 aromatic heterocycles. The number of thioether (sulfide) groups is 1. The van der Waals surface area contributed by atoms with Gasteiger partial charge in [0.15, 0.2) is 5.78 Å². The Morgan fingerprint density at radius 1 is 1.22 bits per heavy atom. The van der Waals surface area contributed by atoms with E-state index in [0.29, 0.717) is 17.1 Å². The standard InChI is InChI=1S/C17H13BrN2O2S/c1-22-16-7-6-11(8-13(16)18)15(21)9-23-17-12-4-2-3-5-14(12)19-10-20-17/h2-8,10H,9H2,1H3. The van der Waals surface area contributed by atoms with Gasteiger partial charge in [-0.05, 0) is 40.2 Å².